The molecule has 0 spiro atoms. The molecule has 24 heavy (non-hydrogen) atoms. The van der Waals surface area contributed by atoms with Crippen molar-refractivity contribution in [3.63, 3.8) is 0 Å². The summed E-state index contributed by atoms with van der Waals surface area (Å²) in [5.41, 5.74) is -1.77. The molecule has 1 aliphatic heterocycles. The average Bonchev–Trinajstić information content (AvgIpc) is 2.90. The average molecular weight is 411 g/mol. The van der Waals surface area contributed by atoms with Crippen LogP contribution >= 0.6 is 15.9 Å². The SMILES string of the molecule is CC1=NN(C(=O)[C@H](C)Cn2nc(C)c(Br)c2C)[C@@](O)(C(F)(F)F)C1. The van der Waals surface area contributed by atoms with E-state index in [4.69, 9.17) is 0 Å². The van der Waals surface area contributed by atoms with Crippen LogP contribution in [0.15, 0.2) is 9.57 Å². The number of rotatable bonds is 3. The number of amides is 1. The molecule has 1 aromatic rings. The van der Waals surface area contributed by atoms with Gasteiger partial charge in [0.15, 0.2) is 0 Å². The number of aromatic nitrogens is 2. The third-order valence-electron chi connectivity index (χ3n) is 3.95. The second kappa shape index (κ2) is 6.14. The summed E-state index contributed by atoms with van der Waals surface area (Å²) in [5.74, 6) is -1.76. The molecule has 2 rings (SSSR count). The Morgan fingerprint density at radius 3 is 2.46 bits per heavy atom. The molecule has 0 bridgehead atoms. The Hall–Kier alpha value is -1.42. The van der Waals surface area contributed by atoms with Crippen molar-refractivity contribution in [2.24, 2.45) is 11.0 Å². The van der Waals surface area contributed by atoms with E-state index in [-0.39, 0.29) is 17.3 Å². The van der Waals surface area contributed by atoms with Crippen LogP contribution in [0.1, 0.15) is 31.7 Å². The van der Waals surface area contributed by atoms with E-state index in [0.29, 0.717) is 5.69 Å². The van der Waals surface area contributed by atoms with Crippen LogP contribution in [0.2, 0.25) is 0 Å². The van der Waals surface area contributed by atoms with Crippen LogP contribution in [-0.4, -0.2) is 43.4 Å². The smallest absolute Gasteiger partial charge is 0.362 e. The van der Waals surface area contributed by atoms with Crippen molar-refractivity contribution in [3.8, 4) is 0 Å². The summed E-state index contributed by atoms with van der Waals surface area (Å²) in [4.78, 5) is 12.5. The third-order valence-corrected chi connectivity index (χ3v) is 5.10. The number of aryl methyl sites for hydroxylation is 1. The van der Waals surface area contributed by atoms with Crippen molar-refractivity contribution in [1.82, 2.24) is 14.8 Å². The van der Waals surface area contributed by atoms with E-state index in [2.05, 4.69) is 26.1 Å². The molecule has 0 aliphatic carbocycles. The van der Waals surface area contributed by atoms with Crippen LogP contribution in [0.4, 0.5) is 13.2 Å². The van der Waals surface area contributed by atoms with Crippen LogP contribution in [0, 0.1) is 19.8 Å². The maximum atomic E-state index is 13.2. The molecule has 6 nitrogen and oxygen atoms in total. The summed E-state index contributed by atoms with van der Waals surface area (Å²) in [5, 5.41) is 18.0. The molecule has 1 amide bonds. The topological polar surface area (TPSA) is 70.7 Å². The molecular weight excluding hydrogens is 393 g/mol. The fourth-order valence-corrected chi connectivity index (χ4v) is 2.86. The highest BCUT2D eigenvalue weighted by atomic mass is 79.9. The van der Waals surface area contributed by atoms with E-state index in [9.17, 15) is 23.1 Å². The quantitative estimate of drug-likeness (QED) is 0.832. The van der Waals surface area contributed by atoms with Crippen LogP contribution in [0.5, 0.6) is 0 Å². The summed E-state index contributed by atoms with van der Waals surface area (Å²) < 4.78 is 41.9. The van der Waals surface area contributed by atoms with Crippen LogP contribution in [0.25, 0.3) is 0 Å². The van der Waals surface area contributed by atoms with E-state index in [1.807, 2.05) is 0 Å². The Balaban J connectivity index is 2.25. The van der Waals surface area contributed by atoms with E-state index in [0.717, 1.165) is 10.2 Å². The highest BCUT2D eigenvalue weighted by Gasteiger charge is 2.63. The number of alkyl halides is 3. The van der Waals surface area contributed by atoms with Crippen LogP contribution in [0.3, 0.4) is 0 Å². The van der Waals surface area contributed by atoms with Gasteiger partial charge in [-0.2, -0.15) is 28.4 Å². The van der Waals surface area contributed by atoms with Crippen molar-refractivity contribution in [2.75, 3.05) is 0 Å². The van der Waals surface area contributed by atoms with Gasteiger partial charge in [0.2, 0.25) is 5.91 Å². The second-order valence-electron chi connectivity index (χ2n) is 6.04. The lowest BCUT2D eigenvalue weighted by Crippen LogP contribution is -2.57. The summed E-state index contributed by atoms with van der Waals surface area (Å²) in [7, 11) is 0. The van der Waals surface area contributed by atoms with Gasteiger partial charge in [0.1, 0.15) is 0 Å². The van der Waals surface area contributed by atoms with Gasteiger partial charge in [-0.1, -0.05) is 6.92 Å². The van der Waals surface area contributed by atoms with Gasteiger partial charge in [-0.3, -0.25) is 9.48 Å². The molecule has 134 valence electrons. The number of halogens is 4. The van der Waals surface area contributed by atoms with E-state index < -0.39 is 30.1 Å². The molecule has 0 saturated heterocycles. The fraction of sp³-hybridized carbons (Fsp3) is 0.643. The molecule has 0 radical (unpaired) electrons. The lowest BCUT2D eigenvalue weighted by molar-refractivity contribution is -0.303. The van der Waals surface area contributed by atoms with Crippen molar-refractivity contribution < 1.29 is 23.1 Å². The Morgan fingerprint density at radius 1 is 1.42 bits per heavy atom. The molecule has 10 heteroatoms. The Bertz CT molecular complexity index is 701. The van der Waals surface area contributed by atoms with Gasteiger partial charge in [0, 0.05) is 17.8 Å². The first kappa shape index (κ1) is 18.9. The maximum Gasteiger partial charge on any atom is 0.438 e. The molecule has 0 aromatic carbocycles. The van der Waals surface area contributed by atoms with Crippen LogP contribution < -0.4 is 0 Å². The first-order valence-electron chi connectivity index (χ1n) is 7.25. The molecule has 1 N–H and O–H groups in total. The number of hydrazone groups is 1. The first-order chi connectivity index (χ1) is 10.9. The predicted molar refractivity (Wildman–Crippen MR) is 84.1 cm³/mol. The Morgan fingerprint density at radius 2 is 2.00 bits per heavy atom. The Labute approximate surface area is 145 Å². The summed E-state index contributed by atoms with van der Waals surface area (Å²) >= 11 is 3.36. The highest BCUT2D eigenvalue weighted by Crippen LogP contribution is 2.40. The summed E-state index contributed by atoms with van der Waals surface area (Å²) in [6.07, 6.45) is -5.74. The minimum Gasteiger partial charge on any atom is -0.362 e. The minimum absolute atomic E-state index is 0.0456. The van der Waals surface area contributed by atoms with Gasteiger partial charge >= 0.3 is 6.18 Å². The standard InChI is InChI=1S/C14H18BrF3N4O2/c1-7(6-21-10(4)11(15)9(3)20-21)12(23)22-13(24,14(16,17)18)5-8(2)19-22/h7,24H,5-6H2,1-4H3/t7-,13+/m1/s1. The van der Waals surface area contributed by atoms with Crippen molar-refractivity contribution in [1.29, 1.82) is 0 Å². The molecule has 2 heterocycles. The van der Waals surface area contributed by atoms with E-state index >= 15 is 0 Å². The molecule has 2 atom stereocenters. The zero-order valence-corrected chi connectivity index (χ0v) is 15.2. The number of carbonyl (C=O) groups excluding carboxylic acids is 1. The first-order valence-corrected chi connectivity index (χ1v) is 8.04. The van der Waals surface area contributed by atoms with Gasteiger partial charge in [-0.05, 0) is 36.7 Å². The zero-order valence-electron chi connectivity index (χ0n) is 13.6. The summed E-state index contributed by atoms with van der Waals surface area (Å²) in [6, 6.07) is 0. The normalized spacial score (nSPS) is 22.7. The van der Waals surface area contributed by atoms with Crippen molar-refractivity contribution in [3.05, 3.63) is 15.9 Å². The number of hydrogen-bond acceptors (Lipinski definition) is 4. The largest absolute Gasteiger partial charge is 0.438 e. The highest BCUT2D eigenvalue weighted by molar-refractivity contribution is 9.10. The van der Waals surface area contributed by atoms with Gasteiger partial charge in [0.25, 0.3) is 5.72 Å². The van der Waals surface area contributed by atoms with Crippen molar-refractivity contribution >= 4 is 27.5 Å². The fourth-order valence-electron chi connectivity index (χ4n) is 2.57. The monoisotopic (exact) mass is 410 g/mol. The maximum absolute atomic E-state index is 13.2. The van der Waals surface area contributed by atoms with Gasteiger partial charge in [-0.15, -0.1) is 0 Å². The second-order valence-corrected chi connectivity index (χ2v) is 6.84. The third kappa shape index (κ3) is 3.08. The lowest BCUT2D eigenvalue weighted by Gasteiger charge is -2.34. The van der Waals surface area contributed by atoms with Gasteiger partial charge in [0.05, 0.1) is 22.6 Å². The number of aliphatic hydroxyl groups is 1. The van der Waals surface area contributed by atoms with Crippen LogP contribution in [-0.2, 0) is 11.3 Å². The number of carbonyl (C=O) groups is 1. The van der Waals surface area contributed by atoms with E-state index in [1.54, 1.807) is 18.5 Å². The molecule has 1 aromatic heterocycles. The lowest BCUT2D eigenvalue weighted by atomic mass is 10.0. The van der Waals surface area contributed by atoms with Gasteiger partial charge < -0.3 is 5.11 Å². The Kier molecular flexibility index (Phi) is 4.84. The van der Waals surface area contributed by atoms with Gasteiger partial charge in [-0.25, -0.2) is 0 Å². The zero-order chi connectivity index (χ0) is 18.4. The minimum atomic E-state index is -5.00. The van der Waals surface area contributed by atoms with E-state index in [1.165, 1.54) is 13.8 Å². The molecule has 0 unspecified atom stereocenters. The molecule has 0 fully saturated rings. The molecular formula is C14H18BrF3N4O2. The summed E-state index contributed by atoms with van der Waals surface area (Å²) in [6.45, 7) is 6.46. The molecule has 1 aliphatic rings. The predicted octanol–water partition coefficient (Wildman–Crippen LogP) is 2.76. The number of hydrogen-bond donors (Lipinski definition) is 1. The molecule has 0 saturated carbocycles. The number of nitrogens with zero attached hydrogens (tertiary/aromatic N) is 4. The van der Waals surface area contributed by atoms with Crippen molar-refractivity contribution in [2.45, 2.75) is 52.6 Å².